The molecular formula is C18H21NO2. The van der Waals surface area contributed by atoms with Crippen molar-refractivity contribution in [3.63, 3.8) is 0 Å². The molecule has 0 radical (unpaired) electrons. The lowest BCUT2D eigenvalue weighted by Crippen LogP contribution is -2.37. The molecule has 0 aliphatic rings. The van der Waals surface area contributed by atoms with E-state index in [4.69, 9.17) is 4.74 Å². The molecule has 21 heavy (non-hydrogen) atoms. The van der Waals surface area contributed by atoms with Crippen LogP contribution in [0.2, 0.25) is 0 Å². The number of rotatable bonds is 5. The Morgan fingerprint density at radius 1 is 1.14 bits per heavy atom. The molecule has 0 aliphatic carbocycles. The molecule has 2 rings (SSSR count). The van der Waals surface area contributed by atoms with Crippen molar-refractivity contribution in [1.82, 2.24) is 4.90 Å². The topological polar surface area (TPSA) is 29.5 Å². The summed E-state index contributed by atoms with van der Waals surface area (Å²) >= 11 is 0. The molecule has 0 spiro atoms. The van der Waals surface area contributed by atoms with Crippen LogP contribution in [0.1, 0.15) is 18.1 Å². The standard InChI is InChI=1S/C18H21NO2/c1-14-8-7-11-17(12-14)21-15(2)18(20)19(3)13-16-9-5-4-6-10-16/h4-12,15H,13H2,1-3H3/t15-/m1/s1. The average molecular weight is 283 g/mol. The van der Waals surface area contributed by atoms with E-state index >= 15 is 0 Å². The van der Waals surface area contributed by atoms with Gasteiger partial charge >= 0.3 is 0 Å². The van der Waals surface area contributed by atoms with Gasteiger partial charge in [0.05, 0.1) is 0 Å². The van der Waals surface area contributed by atoms with Gasteiger partial charge in [0.25, 0.3) is 5.91 Å². The van der Waals surface area contributed by atoms with Gasteiger partial charge in [-0.05, 0) is 37.1 Å². The van der Waals surface area contributed by atoms with Crippen LogP contribution in [0.3, 0.4) is 0 Å². The molecule has 3 nitrogen and oxygen atoms in total. The summed E-state index contributed by atoms with van der Waals surface area (Å²) in [6.07, 6.45) is -0.500. The fourth-order valence-corrected chi connectivity index (χ4v) is 2.19. The van der Waals surface area contributed by atoms with Crippen LogP contribution in [-0.2, 0) is 11.3 Å². The van der Waals surface area contributed by atoms with Gasteiger partial charge < -0.3 is 9.64 Å². The number of hydrogen-bond acceptors (Lipinski definition) is 2. The molecule has 0 N–H and O–H groups in total. The van der Waals surface area contributed by atoms with E-state index in [0.717, 1.165) is 16.9 Å². The van der Waals surface area contributed by atoms with Gasteiger partial charge in [0.1, 0.15) is 5.75 Å². The van der Waals surface area contributed by atoms with Gasteiger partial charge in [-0.3, -0.25) is 4.79 Å². The molecule has 2 aromatic rings. The summed E-state index contributed by atoms with van der Waals surface area (Å²) < 4.78 is 5.72. The fraction of sp³-hybridized carbons (Fsp3) is 0.278. The van der Waals surface area contributed by atoms with Gasteiger partial charge in [-0.1, -0.05) is 42.5 Å². The molecule has 0 aromatic heterocycles. The summed E-state index contributed by atoms with van der Waals surface area (Å²) in [5.74, 6) is 0.698. The number of nitrogens with zero attached hydrogens (tertiary/aromatic N) is 1. The minimum atomic E-state index is -0.500. The number of carbonyl (C=O) groups excluding carboxylic acids is 1. The van der Waals surface area contributed by atoms with Gasteiger partial charge in [-0.25, -0.2) is 0 Å². The van der Waals surface area contributed by atoms with E-state index in [2.05, 4.69) is 0 Å². The van der Waals surface area contributed by atoms with Crippen LogP contribution < -0.4 is 4.74 Å². The zero-order chi connectivity index (χ0) is 15.2. The predicted octanol–water partition coefficient (Wildman–Crippen LogP) is 3.42. The maximum atomic E-state index is 12.3. The number of hydrogen-bond donors (Lipinski definition) is 0. The van der Waals surface area contributed by atoms with Gasteiger partial charge in [0, 0.05) is 13.6 Å². The molecule has 2 aromatic carbocycles. The first kappa shape index (κ1) is 15.1. The largest absolute Gasteiger partial charge is 0.481 e. The Morgan fingerprint density at radius 2 is 1.86 bits per heavy atom. The van der Waals surface area contributed by atoms with Crippen LogP contribution in [-0.4, -0.2) is 24.0 Å². The van der Waals surface area contributed by atoms with Crippen LogP contribution in [0.15, 0.2) is 54.6 Å². The summed E-state index contributed by atoms with van der Waals surface area (Å²) in [7, 11) is 1.80. The van der Waals surface area contributed by atoms with Gasteiger partial charge in [-0.2, -0.15) is 0 Å². The third-order valence-electron chi connectivity index (χ3n) is 3.29. The molecule has 3 heteroatoms. The van der Waals surface area contributed by atoms with E-state index in [-0.39, 0.29) is 5.91 Å². The molecule has 110 valence electrons. The van der Waals surface area contributed by atoms with Crippen molar-refractivity contribution >= 4 is 5.91 Å². The Kier molecular flexibility index (Phi) is 4.99. The van der Waals surface area contributed by atoms with Gasteiger partial charge in [0.2, 0.25) is 0 Å². The van der Waals surface area contributed by atoms with Crippen LogP contribution in [0.4, 0.5) is 0 Å². The molecule has 0 bridgehead atoms. The monoisotopic (exact) mass is 283 g/mol. The lowest BCUT2D eigenvalue weighted by Gasteiger charge is -2.22. The number of amides is 1. The predicted molar refractivity (Wildman–Crippen MR) is 84.2 cm³/mol. The first-order valence-corrected chi connectivity index (χ1v) is 7.08. The SMILES string of the molecule is Cc1cccc(O[C@H](C)C(=O)N(C)Cc2ccccc2)c1. The minimum Gasteiger partial charge on any atom is -0.481 e. The fourth-order valence-electron chi connectivity index (χ4n) is 2.19. The summed E-state index contributed by atoms with van der Waals surface area (Å²) in [6, 6.07) is 17.7. The summed E-state index contributed by atoms with van der Waals surface area (Å²) in [5.41, 5.74) is 2.22. The summed E-state index contributed by atoms with van der Waals surface area (Å²) in [4.78, 5) is 14.0. The summed E-state index contributed by atoms with van der Waals surface area (Å²) in [6.45, 7) is 4.37. The molecule has 0 unspecified atom stereocenters. The van der Waals surface area contributed by atoms with Crippen molar-refractivity contribution in [1.29, 1.82) is 0 Å². The Morgan fingerprint density at radius 3 is 2.52 bits per heavy atom. The van der Waals surface area contributed by atoms with E-state index in [1.54, 1.807) is 18.9 Å². The van der Waals surface area contributed by atoms with E-state index < -0.39 is 6.10 Å². The van der Waals surface area contributed by atoms with Crippen molar-refractivity contribution in [2.45, 2.75) is 26.5 Å². The summed E-state index contributed by atoms with van der Waals surface area (Å²) in [5, 5.41) is 0. The Labute approximate surface area is 126 Å². The Balaban J connectivity index is 1.95. The van der Waals surface area contributed by atoms with Crippen LogP contribution >= 0.6 is 0 Å². The van der Waals surface area contributed by atoms with Crippen LogP contribution in [0.5, 0.6) is 5.75 Å². The molecule has 0 saturated heterocycles. The maximum absolute atomic E-state index is 12.3. The van der Waals surface area contributed by atoms with Crippen molar-refractivity contribution < 1.29 is 9.53 Å². The zero-order valence-electron chi connectivity index (χ0n) is 12.7. The molecule has 1 atom stereocenters. The second-order valence-corrected chi connectivity index (χ2v) is 5.26. The molecule has 0 saturated carbocycles. The van der Waals surface area contributed by atoms with Crippen molar-refractivity contribution in [3.05, 3.63) is 65.7 Å². The molecular weight excluding hydrogens is 262 g/mol. The number of aryl methyl sites for hydroxylation is 1. The quantitative estimate of drug-likeness (QED) is 0.841. The first-order valence-electron chi connectivity index (χ1n) is 7.08. The third-order valence-corrected chi connectivity index (χ3v) is 3.29. The second kappa shape index (κ2) is 6.93. The van der Waals surface area contributed by atoms with Crippen LogP contribution in [0, 0.1) is 6.92 Å². The highest BCUT2D eigenvalue weighted by atomic mass is 16.5. The third kappa shape index (κ3) is 4.35. The zero-order valence-corrected chi connectivity index (χ0v) is 12.7. The highest BCUT2D eigenvalue weighted by molar-refractivity contribution is 5.80. The molecule has 0 aliphatic heterocycles. The Hall–Kier alpha value is -2.29. The lowest BCUT2D eigenvalue weighted by molar-refractivity contribution is -0.137. The smallest absolute Gasteiger partial charge is 0.263 e. The molecule has 0 heterocycles. The maximum Gasteiger partial charge on any atom is 0.263 e. The van der Waals surface area contributed by atoms with Crippen molar-refractivity contribution in [3.8, 4) is 5.75 Å². The van der Waals surface area contributed by atoms with E-state index in [1.807, 2.05) is 61.5 Å². The molecule has 1 amide bonds. The van der Waals surface area contributed by atoms with Crippen LogP contribution in [0.25, 0.3) is 0 Å². The van der Waals surface area contributed by atoms with E-state index in [1.165, 1.54) is 0 Å². The normalized spacial score (nSPS) is 11.8. The first-order chi connectivity index (χ1) is 10.1. The number of ether oxygens (including phenoxy) is 1. The van der Waals surface area contributed by atoms with Gasteiger partial charge in [-0.15, -0.1) is 0 Å². The highest BCUT2D eigenvalue weighted by Gasteiger charge is 2.19. The average Bonchev–Trinajstić information content (AvgIpc) is 2.47. The number of carbonyl (C=O) groups is 1. The van der Waals surface area contributed by atoms with Crippen molar-refractivity contribution in [2.75, 3.05) is 7.05 Å². The van der Waals surface area contributed by atoms with E-state index in [0.29, 0.717) is 6.54 Å². The van der Waals surface area contributed by atoms with Crippen molar-refractivity contribution in [2.24, 2.45) is 0 Å². The minimum absolute atomic E-state index is 0.0274. The number of benzene rings is 2. The van der Waals surface area contributed by atoms with E-state index in [9.17, 15) is 4.79 Å². The molecule has 0 fully saturated rings. The Bertz CT molecular complexity index is 595. The second-order valence-electron chi connectivity index (χ2n) is 5.26. The lowest BCUT2D eigenvalue weighted by atomic mass is 10.2. The van der Waals surface area contributed by atoms with Gasteiger partial charge in [0.15, 0.2) is 6.10 Å². The highest BCUT2D eigenvalue weighted by Crippen LogP contribution is 2.15. The number of likely N-dealkylation sites (N-methyl/N-ethyl adjacent to an activating group) is 1.